The third-order valence-corrected chi connectivity index (χ3v) is 5.40. The predicted molar refractivity (Wildman–Crippen MR) is 69.4 cm³/mol. The Morgan fingerprint density at radius 3 is 2.47 bits per heavy atom. The summed E-state index contributed by atoms with van der Waals surface area (Å²) >= 11 is 0. The lowest BCUT2D eigenvalue weighted by atomic mass is 10.2. The Labute approximate surface area is 95.4 Å². The maximum atomic E-state index is 6.20. The molecule has 1 aliphatic carbocycles. The van der Waals surface area contributed by atoms with Crippen LogP contribution in [0.4, 0.5) is 0 Å². The van der Waals surface area contributed by atoms with Crippen LogP contribution in [0.2, 0.25) is 19.1 Å². The molecule has 1 nitrogen and oxygen atoms in total. The number of hydrogen-bond donors (Lipinski definition) is 0. The van der Waals surface area contributed by atoms with Crippen LogP contribution in [0.3, 0.4) is 0 Å². The van der Waals surface area contributed by atoms with Gasteiger partial charge in [-0.25, -0.2) is 0 Å². The van der Waals surface area contributed by atoms with Gasteiger partial charge in [0.15, 0.2) is 0 Å². The summed E-state index contributed by atoms with van der Waals surface area (Å²) in [4.78, 5) is 0. The van der Waals surface area contributed by atoms with E-state index in [1.54, 1.807) is 0 Å². The Kier molecular flexibility index (Phi) is 4.20. The van der Waals surface area contributed by atoms with Crippen LogP contribution in [0.15, 0.2) is 23.0 Å². The molecule has 0 N–H and O–H groups in total. The summed E-state index contributed by atoms with van der Waals surface area (Å²) in [6, 6.07) is 1.28. The first-order chi connectivity index (χ1) is 6.94. The molecule has 15 heavy (non-hydrogen) atoms. The van der Waals surface area contributed by atoms with E-state index in [1.807, 2.05) is 0 Å². The second kappa shape index (κ2) is 5.02. The van der Waals surface area contributed by atoms with Crippen molar-refractivity contribution < 1.29 is 4.43 Å². The van der Waals surface area contributed by atoms with E-state index < -0.39 is 8.32 Å². The molecule has 86 valence electrons. The SMILES string of the molecule is CCCC[Si](C)(C)OC1=CC(C)=C(C)C1. The van der Waals surface area contributed by atoms with Gasteiger partial charge < -0.3 is 4.43 Å². The van der Waals surface area contributed by atoms with E-state index in [9.17, 15) is 0 Å². The highest BCUT2D eigenvalue weighted by Crippen LogP contribution is 2.29. The van der Waals surface area contributed by atoms with Gasteiger partial charge in [0.25, 0.3) is 0 Å². The molecule has 0 radical (unpaired) electrons. The number of allylic oxidation sites excluding steroid dienone is 3. The van der Waals surface area contributed by atoms with Gasteiger partial charge in [-0.1, -0.05) is 25.3 Å². The average molecular weight is 224 g/mol. The highest BCUT2D eigenvalue weighted by molar-refractivity contribution is 6.71. The summed E-state index contributed by atoms with van der Waals surface area (Å²) < 4.78 is 6.20. The zero-order valence-corrected chi connectivity index (χ0v) is 11.8. The molecule has 0 amide bonds. The van der Waals surface area contributed by atoms with E-state index in [0.717, 1.165) is 6.42 Å². The average Bonchev–Trinajstić information content (AvgIpc) is 2.41. The van der Waals surface area contributed by atoms with Crippen LogP contribution in [0.5, 0.6) is 0 Å². The lowest BCUT2D eigenvalue weighted by Gasteiger charge is -2.25. The Morgan fingerprint density at radius 2 is 2.00 bits per heavy atom. The van der Waals surface area contributed by atoms with Crippen LogP contribution in [0, 0.1) is 0 Å². The third kappa shape index (κ3) is 3.86. The molecule has 0 saturated carbocycles. The zero-order chi connectivity index (χ0) is 11.5. The van der Waals surface area contributed by atoms with Crippen molar-refractivity contribution in [3.05, 3.63) is 23.0 Å². The summed E-state index contributed by atoms with van der Waals surface area (Å²) in [5, 5.41) is 0. The first-order valence-corrected chi connectivity index (χ1v) is 9.12. The maximum absolute atomic E-state index is 6.20. The maximum Gasteiger partial charge on any atom is 0.244 e. The quantitative estimate of drug-likeness (QED) is 0.619. The second-order valence-electron chi connectivity index (χ2n) is 5.22. The first-order valence-electron chi connectivity index (χ1n) is 6.00. The molecule has 2 heteroatoms. The smallest absolute Gasteiger partial charge is 0.244 e. The van der Waals surface area contributed by atoms with Gasteiger partial charge in [-0.3, -0.25) is 0 Å². The summed E-state index contributed by atoms with van der Waals surface area (Å²) in [6.07, 6.45) is 5.83. The van der Waals surface area contributed by atoms with E-state index in [-0.39, 0.29) is 0 Å². The molecule has 0 spiro atoms. The minimum Gasteiger partial charge on any atom is -0.547 e. The minimum atomic E-state index is -1.44. The zero-order valence-electron chi connectivity index (χ0n) is 10.8. The molecule has 0 aromatic heterocycles. The fourth-order valence-corrected chi connectivity index (χ4v) is 4.04. The summed E-state index contributed by atoms with van der Waals surface area (Å²) in [6.45, 7) is 11.3. The lowest BCUT2D eigenvalue weighted by molar-refractivity contribution is 0.404. The lowest BCUT2D eigenvalue weighted by Crippen LogP contribution is -2.29. The highest BCUT2D eigenvalue weighted by Gasteiger charge is 2.25. The predicted octanol–water partition coefficient (Wildman–Crippen LogP) is 4.63. The molecule has 0 saturated heterocycles. The van der Waals surface area contributed by atoms with Crippen molar-refractivity contribution in [1.82, 2.24) is 0 Å². The van der Waals surface area contributed by atoms with Gasteiger partial charge in [0.05, 0.1) is 5.76 Å². The van der Waals surface area contributed by atoms with Gasteiger partial charge in [0.2, 0.25) is 8.32 Å². The normalized spacial score (nSPS) is 17.0. The third-order valence-electron chi connectivity index (χ3n) is 3.03. The molecule has 0 bridgehead atoms. The van der Waals surface area contributed by atoms with Crippen LogP contribution < -0.4 is 0 Å². The molecule has 1 rings (SSSR count). The highest BCUT2D eigenvalue weighted by atomic mass is 28.4. The van der Waals surface area contributed by atoms with Gasteiger partial charge >= 0.3 is 0 Å². The van der Waals surface area contributed by atoms with Gasteiger partial charge in [0, 0.05) is 6.42 Å². The Morgan fingerprint density at radius 1 is 1.33 bits per heavy atom. The fourth-order valence-electron chi connectivity index (χ4n) is 1.89. The van der Waals surface area contributed by atoms with Crippen molar-refractivity contribution in [1.29, 1.82) is 0 Å². The molecule has 0 aliphatic heterocycles. The Balaban J connectivity index is 2.46. The number of unbranched alkanes of at least 4 members (excludes halogenated alkanes) is 1. The van der Waals surface area contributed by atoms with Gasteiger partial charge in [-0.2, -0.15) is 0 Å². The van der Waals surface area contributed by atoms with Gasteiger partial charge in [-0.15, -0.1) is 0 Å². The minimum absolute atomic E-state index is 1.04. The van der Waals surface area contributed by atoms with Crippen molar-refractivity contribution >= 4 is 8.32 Å². The fraction of sp³-hybridized carbons (Fsp3) is 0.692. The van der Waals surface area contributed by atoms with Crippen LogP contribution in [-0.4, -0.2) is 8.32 Å². The molecular formula is C13H24OSi. The second-order valence-corrected chi connectivity index (χ2v) is 9.44. The van der Waals surface area contributed by atoms with E-state index in [4.69, 9.17) is 4.43 Å². The van der Waals surface area contributed by atoms with Crippen molar-refractivity contribution in [2.24, 2.45) is 0 Å². The van der Waals surface area contributed by atoms with Crippen LogP contribution >= 0.6 is 0 Å². The Hall–Kier alpha value is -0.503. The van der Waals surface area contributed by atoms with Gasteiger partial charge in [-0.05, 0) is 44.6 Å². The molecule has 0 unspecified atom stereocenters. The first kappa shape index (κ1) is 12.6. The van der Waals surface area contributed by atoms with E-state index >= 15 is 0 Å². The largest absolute Gasteiger partial charge is 0.547 e. The van der Waals surface area contributed by atoms with Crippen LogP contribution in [-0.2, 0) is 4.43 Å². The number of hydrogen-bond acceptors (Lipinski definition) is 1. The molecule has 0 fully saturated rings. The summed E-state index contributed by atoms with van der Waals surface area (Å²) in [5.41, 5.74) is 2.86. The molecule has 0 atom stereocenters. The summed E-state index contributed by atoms with van der Waals surface area (Å²) in [7, 11) is -1.44. The topological polar surface area (TPSA) is 9.23 Å². The van der Waals surface area contributed by atoms with Crippen molar-refractivity contribution in [3.8, 4) is 0 Å². The molecule has 1 aliphatic rings. The van der Waals surface area contributed by atoms with Crippen molar-refractivity contribution in [2.45, 2.75) is 59.2 Å². The molecule has 0 aromatic carbocycles. The van der Waals surface area contributed by atoms with Crippen molar-refractivity contribution in [3.63, 3.8) is 0 Å². The van der Waals surface area contributed by atoms with E-state index in [0.29, 0.717) is 0 Å². The molecule has 0 heterocycles. The van der Waals surface area contributed by atoms with Gasteiger partial charge in [0.1, 0.15) is 0 Å². The van der Waals surface area contributed by atoms with E-state index in [2.05, 4.69) is 39.9 Å². The number of rotatable bonds is 5. The Bertz CT molecular complexity index is 287. The molecule has 0 aromatic rings. The monoisotopic (exact) mass is 224 g/mol. The van der Waals surface area contributed by atoms with Crippen LogP contribution in [0.1, 0.15) is 40.0 Å². The van der Waals surface area contributed by atoms with Crippen molar-refractivity contribution in [2.75, 3.05) is 0 Å². The standard InChI is InChI=1S/C13H24OSi/c1-6-7-8-15(4,5)14-13-9-11(2)12(3)10-13/h9H,6-8,10H2,1-5H3. The van der Waals surface area contributed by atoms with Crippen LogP contribution in [0.25, 0.3) is 0 Å². The van der Waals surface area contributed by atoms with E-state index in [1.165, 1.54) is 35.8 Å². The molecular weight excluding hydrogens is 200 g/mol. The summed E-state index contributed by atoms with van der Waals surface area (Å²) in [5.74, 6) is 1.21.